The first-order valence-electron chi connectivity index (χ1n) is 8.59. The van der Waals surface area contributed by atoms with Crippen molar-refractivity contribution in [3.8, 4) is 0 Å². The lowest BCUT2D eigenvalue weighted by atomic mass is 9.97. The highest BCUT2D eigenvalue weighted by molar-refractivity contribution is 6.10. The van der Waals surface area contributed by atoms with E-state index in [0.717, 1.165) is 41.5 Å². The fourth-order valence-electron chi connectivity index (χ4n) is 3.57. The van der Waals surface area contributed by atoms with E-state index in [4.69, 9.17) is 4.74 Å². The van der Waals surface area contributed by atoms with Crippen LogP contribution in [0.4, 0.5) is 0 Å². The van der Waals surface area contributed by atoms with Crippen molar-refractivity contribution in [2.24, 2.45) is 5.92 Å². The maximum absolute atomic E-state index is 12.8. The average molecular weight is 328 g/mol. The van der Waals surface area contributed by atoms with E-state index in [2.05, 4.69) is 9.88 Å². The number of aromatic nitrogens is 1. The minimum Gasteiger partial charge on any atom is -0.466 e. The van der Waals surface area contributed by atoms with Crippen molar-refractivity contribution in [2.75, 3.05) is 26.2 Å². The minimum absolute atomic E-state index is 0.106. The summed E-state index contributed by atoms with van der Waals surface area (Å²) in [6, 6.07) is 7.87. The molecule has 2 heterocycles. The van der Waals surface area contributed by atoms with Crippen molar-refractivity contribution >= 4 is 22.7 Å². The monoisotopic (exact) mass is 328 g/mol. The molecule has 1 aromatic carbocycles. The summed E-state index contributed by atoms with van der Waals surface area (Å²) in [6.45, 7) is 5.96. The zero-order valence-corrected chi connectivity index (χ0v) is 14.3. The van der Waals surface area contributed by atoms with Crippen LogP contribution in [-0.2, 0) is 9.53 Å². The number of piperidine rings is 1. The summed E-state index contributed by atoms with van der Waals surface area (Å²) in [5, 5.41) is 0.971. The zero-order chi connectivity index (χ0) is 17.1. The average Bonchev–Trinajstić information content (AvgIpc) is 2.91. The molecular formula is C19H24N2O3. The van der Waals surface area contributed by atoms with E-state index < -0.39 is 0 Å². The van der Waals surface area contributed by atoms with Crippen molar-refractivity contribution in [3.63, 3.8) is 0 Å². The molecule has 128 valence electrons. The van der Waals surface area contributed by atoms with Crippen LogP contribution < -0.4 is 0 Å². The van der Waals surface area contributed by atoms with E-state index in [9.17, 15) is 9.59 Å². The van der Waals surface area contributed by atoms with Gasteiger partial charge in [0, 0.05) is 28.7 Å². The number of ketones is 1. The molecule has 1 atom stereocenters. The molecule has 0 bridgehead atoms. The highest BCUT2D eigenvalue weighted by Crippen LogP contribution is 2.24. The number of fused-ring (bicyclic) bond motifs is 1. The Balaban J connectivity index is 1.72. The molecule has 24 heavy (non-hydrogen) atoms. The third-order valence-corrected chi connectivity index (χ3v) is 4.67. The van der Waals surface area contributed by atoms with Gasteiger partial charge in [0.1, 0.15) is 0 Å². The number of aromatic amines is 1. The molecule has 5 nitrogen and oxygen atoms in total. The second kappa shape index (κ2) is 7.18. The predicted molar refractivity (Wildman–Crippen MR) is 93.2 cm³/mol. The smallest absolute Gasteiger partial charge is 0.310 e. The van der Waals surface area contributed by atoms with E-state index in [1.54, 1.807) is 0 Å². The fraction of sp³-hybridized carbons (Fsp3) is 0.474. The molecule has 0 amide bonds. The number of ether oxygens (including phenoxy) is 1. The molecule has 1 fully saturated rings. The normalized spacial score (nSPS) is 18.7. The Labute approximate surface area is 142 Å². The van der Waals surface area contributed by atoms with Crippen LogP contribution in [0.5, 0.6) is 0 Å². The maximum atomic E-state index is 12.8. The summed E-state index contributed by atoms with van der Waals surface area (Å²) in [5.41, 5.74) is 2.66. The summed E-state index contributed by atoms with van der Waals surface area (Å²) < 4.78 is 5.13. The van der Waals surface area contributed by atoms with Gasteiger partial charge >= 0.3 is 5.97 Å². The number of hydrogen-bond acceptors (Lipinski definition) is 4. The molecule has 1 N–H and O–H groups in total. The van der Waals surface area contributed by atoms with Gasteiger partial charge in [0.05, 0.1) is 19.1 Å². The molecular weight excluding hydrogens is 304 g/mol. The molecule has 5 heteroatoms. The second-order valence-corrected chi connectivity index (χ2v) is 6.42. The molecule has 1 aliphatic rings. The van der Waals surface area contributed by atoms with Gasteiger partial charge in [0.15, 0.2) is 5.78 Å². The van der Waals surface area contributed by atoms with E-state index >= 15 is 0 Å². The summed E-state index contributed by atoms with van der Waals surface area (Å²) in [7, 11) is 0. The predicted octanol–water partition coefficient (Wildman–Crippen LogP) is 2.93. The quantitative estimate of drug-likeness (QED) is 0.677. The van der Waals surface area contributed by atoms with Crippen LogP contribution in [0.15, 0.2) is 24.3 Å². The van der Waals surface area contributed by atoms with Crippen molar-refractivity contribution in [1.82, 2.24) is 9.88 Å². The topological polar surface area (TPSA) is 62.4 Å². The lowest BCUT2D eigenvalue weighted by molar-refractivity contribution is -0.149. The molecule has 0 aliphatic carbocycles. The van der Waals surface area contributed by atoms with Gasteiger partial charge in [0.25, 0.3) is 0 Å². The molecule has 2 aromatic rings. The number of nitrogens with zero attached hydrogens (tertiary/aromatic N) is 1. The molecule has 0 unspecified atom stereocenters. The van der Waals surface area contributed by atoms with Crippen molar-refractivity contribution < 1.29 is 14.3 Å². The fourth-order valence-corrected chi connectivity index (χ4v) is 3.57. The van der Waals surface area contributed by atoms with Crippen molar-refractivity contribution in [1.29, 1.82) is 0 Å². The molecule has 1 saturated heterocycles. The largest absolute Gasteiger partial charge is 0.466 e. The first kappa shape index (κ1) is 16.7. The summed E-state index contributed by atoms with van der Waals surface area (Å²) in [6.07, 6.45) is 1.76. The van der Waals surface area contributed by atoms with Gasteiger partial charge in [0.2, 0.25) is 0 Å². The van der Waals surface area contributed by atoms with Crippen LogP contribution in [0.3, 0.4) is 0 Å². The lowest BCUT2D eigenvalue weighted by Gasteiger charge is -2.30. The van der Waals surface area contributed by atoms with Gasteiger partial charge < -0.3 is 9.72 Å². The Morgan fingerprint density at radius 1 is 1.33 bits per heavy atom. The number of carbonyl (C=O) groups excluding carboxylic acids is 2. The van der Waals surface area contributed by atoms with Gasteiger partial charge in [-0.15, -0.1) is 0 Å². The van der Waals surface area contributed by atoms with Gasteiger partial charge in [-0.05, 0) is 39.3 Å². The number of rotatable bonds is 5. The Bertz CT molecular complexity index is 750. The van der Waals surface area contributed by atoms with Crippen LogP contribution in [-0.4, -0.2) is 47.9 Å². The first-order chi connectivity index (χ1) is 11.6. The SMILES string of the molecule is CCOC(=O)[C@@H]1CCCN(CC(=O)c2c(C)[nH]c3ccccc23)C1. The zero-order valence-electron chi connectivity index (χ0n) is 14.3. The Morgan fingerprint density at radius 2 is 2.12 bits per heavy atom. The van der Waals surface area contributed by atoms with Crippen LogP contribution in [0.1, 0.15) is 35.8 Å². The Kier molecular flexibility index (Phi) is 5.00. The van der Waals surface area contributed by atoms with Crippen LogP contribution in [0.2, 0.25) is 0 Å². The maximum Gasteiger partial charge on any atom is 0.310 e. The highest BCUT2D eigenvalue weighted by Gasteiger charge is 2.28. The molecule has 0 radical (unpaired) electrons. The van der Waals surface area contributed by atoms with E-state index in [1.807, 2.05) is 38.1 Å². The summed E-state index contributed by atoms with van der Waals surface area (Å²) in [5.74, 6) is -0.150. The van der Waals surface area contributed by atoms with Gasteiger partial charge in [-0.1, -0.05) is 18.2 Å². The summed E-state index contributed by atoms with van der Waals surface area (Å²) >= 11 is 0. The number of benzene rings is 1. The van der Waals surface area contributed by atoms with Gasteiger partial charge in [-0.25, -0.2) is 0 Å². The highest BCUT2D eigenvalue weighted by atomic mass is 16.5. The third-order valence-electron chi connectivity index (χ3n) is 4.67. The standard InChI is InChI=1S/C19H24N2O3/c1-3-24-19(23)14-7-6-10-21(11-14)12-17(22)18-13(2)20-16-9-5-4-8-15(16)18/h4-5,8-9,14,20H,3,6-7,10-12H2,1-2H3/t14-/m1/s1. The van der Waals surface area contributed by atoms with Gasteiger partial charge in [-0.2, -0.15) is 0 Å². The molecule has 1 aromatic heterocycles. The molecule has 0 saturated carbocycles. The summed E-state index contributed by atoms with van der Waals surface area (Å²) in [4.78, 5) is 30.1. The number of esters is 1. The van der Waals surface area contributed by atoms with Crippen molar-refractivity contribution in [3.05, 3.63) is 35.5 Å². The number of likely N-dealkylation sites (tertiary alicyclic amines) is 1. The Hall–Kier alpha value is -2.14. The molecule has 3 rings (SSSR count). The number of aryl methyl sites for hydroxylation is 1. The lowest BCUT2D eigenvalue weighted by Crippen LogP contribution is -2.41. The van der Waals surface area contributed by atoms with Gasteiger partial charge in [-0.3, -0.25) is 14.5 Å². The molecule has 0 spiro atoms. The third kappa shape index (κ3) is 3.36. The van der Waals surface area contributed by atoms with E-state index in [1.165, 1.54) is 0 Å². The van der Waals surface area contributed by atoms with Crippen LogP contribution in [0.25, 0.3) is 10.9 Å². The van der Waals surface area contributed by atoms with Crippen LogP contribution in [0, 0.1) is 12.8 Å². The number of carbonyl (C=O) groups is 2. The first-order valence-corrected chi connectivity index (χ1v) is 8.59. The van der Waals surface area contributed by atoms with Crippen LogP contribution >= 0.6 is 0 Å². The van der Waals surface area contributed by atoms with Crippen molar-refractivity contribution in [2.45, 2.75) is 26.7 Å². The van der Waals surface area contributed by atoms with E-state index in [-0.39, 0.29) is 17.7 Å². The number of H-pyrrole nitrogens is 1. The molecule has 1 aliphatic heterocycles. The number of para-hydroxylation sites is 1. The Morgan fingerprint density at radius 3 is 2.92 bits per heavy atom. The number of hydrogen-bond donors (Lipinski definition) is 1. The van der Waals surface area contributed by atoms with E-state index in [0.29, 0.717) is 19.7 Å². The number of nitrogens with one attached hydrogen (secondary N) is 1. The minimum atomic E-state index is -0.141. The second-order valence-electron chi connectivity index (χ2n) is 6.42. The number of Topliss-reactive ketones (excluding diaryl/α,β-unsaturated/α-hetero) is 1.